The maximum absolute atomic E-state index is 10.8. The van der Waals surface area contributed by atoms with E-state index in [1.165, 1.54) is 0 Å². The molecule has 0 saturated carbocycles. The van der Waals surface area contributed by atoms with Gasteiger partial charge in [0.2, 0.25) is 0 Å². The lowest BCUT2D eigenvalue weighted by molar-refractivity contribution is 0.478. The van der Waals surface area contributed by atoms with E-state index >= 15 is 0 Å². The molecule has 4 nitrogen and oxygen atoms in total. The molecule has 0 aromatic heterocycles. The molecule has 0 amide bonds. The van der Waals surface area contributed by atoms with Gasteiger partial charge in [-0.3, -0.25) is 4.55 Å². The van der Waals surface area contributed by atoms with Crippen LogP contribution in [0.15, 0.2) is 36.4 Å². The lowest BCUT2D eigenvalue weighted by atomic mass is 9.94. The number of hydrogen-bond donors (Lipinski definition) is 2. The Labute approximate surface area is 144 Å². The van der Waals surface area contributed by atoms with Crippen molar-refractivity contribution in [2.75, 3.05) is 12.3 Å². The van der Waals surface area contributed by atoms with Crippen molar-refractivity contribution in [2.45, 2.75) is 39.7 Å². The molecule has 0 radical (unpaired) electrons. The minimum atomic E-state index is -3.89. The minimum absolute atomic E-state index is 0.0777. The molecule has 0 bridgehead atoms. The molecule has 0 heterocycles. The van der Waals surface area contributed by atoms with Crippen LogP contribution in [-0.4, -0.2) is 31.3 Å². The van der Waals surface area contributed by atoms with Gasteiger partial charge < -0.3 is 5.32 Å². The summed E-state index contributed by atoms with van der Waals surface area (Å²) in [5.74, 6) is -0.226. The van der Waals surface area contributed by atoms with Crippen LogP contribution >= 0.6 is 11.6 Å². The fourth-order valence-electron chi connectivity index (χ4n) is 2.03. The van der Waals surface area contributed by atoms with Crippen molar-refractivity contribution in [3.63, 3.8) is 0 Å². The van der Waals surface area contributed by atoms with E-state index < -0.39 is 10.1 Å². The van der Waals surface area contributed by atoms with Gasteiger partial charge >= 0.3 is 0 Å². The third-order valence-electron chi connectivity index (χ3n) is 3.18. The van der Waals surface area contributed by atoms with Crippen LogP contribution in [-0.2, 0) is 16.5 Å². The number of hydrogen-bond acceptors (Lipinski definition) is 3. The Morgan fingerprint density at radius 3 is 2.39 bits per heavy atom. The monoisotopic (exact) mass is 359 g/mol. The van der Waals surface area contributed by atoms with Gasteiger partial charge in [-0.2, -0.15) is 8.42 Å². The Morgan fingerprint density at radius 2 is 1.87 bits per heavy atom. The zero-order valence-corrected chi connectivity index (χ0v) is 15.5. The summed E-state index contributed by atoms with van der Waals surface area (Å²) in [6, 6.07) is 7.79. The SMILES string of the molecule is CC(C)(C)C=C[C@@H](Cc1ccc(Cl)cc1)NCCCS(=O)(=O)O. The molecule has 2 N–H and O–H groups in total. The zero-order chi connectivity index (χ0) is 17.5. The maximum Gasteiger partial charge on any atom is 0.264 e. The zero-order valence-electron chi connectivity index (χ0n) is 13.9. The molecule has 0 saturated heterocycles. The Balaban J connectivity index is 2.65. The van der Waals surface area contributed by atoms with Crippen molar-refractivity contribution in [2.24, 2.45) is 5.41 Å². The van der Waals surface area contributed by atoms with E-state index in [0.717, 1.165) is 12.0 Å². The molecule has 0 spiro atoms. The molecule has 1 atom stereocenters. The summed E-state index contributed by atoms with van der Waals surface area (Å²) >= 11 is 5.90. The second kappa shape index (κ2) is 8.83. The predicted octanol–water partition coefficient (Wildman–Crippen LogP) is 3.72. The third-order valence-corrected chi connectivity index (χ3v) is 4.24. The van der Waals surface area contributed by atoms with Gasteiger partial charge in [-0.05, 0) is 42.5 Å². The first-order valence-electron chi connectivity index (χ1n) is 7.67. The number of benzene rings is 1. The fourth-order valence-corrected chi connectivity index (χ4v) is 2.66. The summed E-state index contributed by atoms with van der Waals surface area (Å²) < 4.78 is 30.3. The second-order valence-electron chi connectivity index (χ2n) is 6.76. The Morgan fingerprint density at radius 1 is 1.26 bits per heavy atom. The summed E-state index contributed by atoms with van der Waals surface area (Å²) in [5, 5.41) is 4.04. The summed E-state index contributed by atoms with van der Waals surface area (Å²) in [4.78, 5) is 0. The van der Waals surface area contributed by atoms with Gasteiger partial charge in [-0.1, -0.05) is 56.7 Å². The summed E-state index contributed by atoms with van der Waals surface area (Å²) in [6.45, 7) is 6.90. The number of nitrogens with one attached hydrogen (secondary N) is 1. The molecule has 1 aromatic rings. The average Bonchev–Trinajstić information content (AvgIpc) is 2.41. The van der Waals surface area contributed by atoms with Crippen LogP contribution in [0.4, 0.5) is 0 Å². The molecule has 130 valence electrons. The summed E-state index contributed by atoms with van der Waals surface area (Å²) in [5.41, 5.74) is 1.23. The van der Waals surface area contributed by atoms with E-state index in [9.17, 15) is 8.42 Å². The van der Waals surface area contributed by atoms with Crippen molar-refractivity contribution in [3.8, 4) is 0 Å². The first-order chi connectivity index (χ1) is 10.6. The molecule has 23 heavy (non-hydrogen) atoms. The van der Waals surface area contributed by atoms with Gasteiger partial charge in [0.05, 0.1) is 5.75 Å². The quantitative estimate of drug-likeness (QED) is 0.421. The largest absolute Gasteiger partial charge is 0.310 e. The smallest absolute Gasteiger partial charge is 0.264 e. The van der Waals surface area contributed by atoms with Crippen LogP contribution in [0.5, 0.6) is 0 Å². The Kier molecular flexibility index (Phi) is 7.74. The molecule has 0 aliphatic carbocycles. The average molecular weight is 360 g/mol. The second-order valence-corrected chi connectivity index (χ2v) is 8.76. The van der Waals surface area contributed by atoms with Gasteiger partial charge in [-0.15, -0.1) is 0 Å². The first kappa shape index (κ1) is 20.2. The minimum Gasteiger partial charge on any atom is -0.310 e. The van der Waals surface area contributed by atoms with Gasteiger partial charge in [-0.25, -0.2) is 0 Å². The van der Waals surface area contributed by atoms with Crippen molar-refractivity contribution in [3.05, 3.63) is 47.0 Å². The fraction of sp³-hybridized carbons (Fsp3) is 0.529. The normalized spacial score (nSPS) is 14.3. The molecule has 1 aromatic carbocycles. The van der Waals surface area contributed by atoms with Gasteiger partial charge in [0, 0.05) is 11.1 Å². The molecule has 0 aliphatic heterocycles. The summed E-state index contributed by atoms with van der Waals surface area (Å²) in [6.07, 6.45) is 5.42. The van der Waals surface area contributed by atoms with Crippen LogP contribution in [0.2, 0.25) is 5.02 Å². The van der Waals surface area contributed by atoms with Crippen molar-refractivity contribution in [1.82, 2.24) is 5.32 Å². The van der Waals surface area contributed by atoms with Crippen LogP contribution in [0.1, 0.15) is 32.8 Å². The Bertz CT molecular complexity index is 604. The molecular weight excluding hydrogens is 334 g/mol. The van der Waals surface area contributed by atoms with Crippen molar-refractivity contribution >= 4 is 21.7 Å². The highest BCUT2D eigenvalue weighted by Crippen LogP contribution is 2.16. The highest BCUT2D eigenvalue weighted by atomic mass is 35.5. The van der Waals surface area contributed by atoms with E-state index in [1.54, 1.807) is 0 Å². The van der Waals surface area contributed by atoms with E-state index in [2.05, 4.69) is 38.2 Å². The molecule has 6 heteroatoms. The molecule has 1 rings (SSSR count). The van der Waals surface area contributed by atoms with E-state index in [1.807, 2.05) is 24.3 Å². The molecular formula is C17H26ClNO3S. The molecule has 0 unspecified atom stereocenters. The van der Waals surface area contributed by atoms with Gasteiger partial charge in [0.25, 0.3) is 10.1 Å². The van der Waals surface area contributed by atoms with Crippen molar-refractivity contribution in [1.29, 1.82) is 0 Å². The van der Waals surface area contributed by atoms with E-state index in [-0.39, 0.29) is 17.2 Å². The third kappa shape index (κ3) is 10.5. The van der Waals surface area contributed by atoms with Crippen LogP contribution in [0.3, 0.4) is 0 Å². The number of rotatable bonds is 8. The van der Waals surface area contributed by atoms with Crippen LogP contribution in [0.25, 0.3) is 0 Å². The van der Waals surface area contributed by atoms with Crippen molar-refractivity contribution < 1.29 is 13.0 Å². The highest BCUT2D eigenvalue weighted by Gasteiger charge is 2.10. The molecule has 0 fully saturated rings. The lowest BCUT2D eigenvalue weighted by Gasteiger charge is -2.18. The summed E-state index contributed by atoms with van der Waals surface area (Å²) in [7, 11) is -3.89. The van der Waals surface area contributed by atoms with Gasteiger partial charge in [0.1, 0.15) is 0 Å². The number of halogens is 1. The maximum atomic E-state index is 10.8. The molecule has 0 aliphatic rings. The Hall–Kier alpha value is -0.880. The van der Waals surface area contributed by atoms with E-state index in [0.29, 0.717) is 18.0 Å². The predicted molar refractivity (Wildman–Crippen MR) is 96.6 cm³/mol. The number of allylic oxidation sites excluding steroid dienone is 1. The topological polar surface area (TPSA) is 66.4 Å². The van der Waals surface area contributed by atoms with Crippen LogP contribution in [0, 0.1) is 5.41 Å². The van der Waals surface area contributed by atoms with E-state index in [4.69, 9.17) is 16.2 Å². The first-order valence-corrected chi connectivity index (χ1v) is 9.66. The standard InChI is InChI=1S/C17H26ClNO3S/c1-17(2,3)10-9-16(19-11-4-12-23(20,21)22)13-14-5-7-15(18)8-6-14/h5-10,16,19H,4,11-13H2,1-3H3,(H,20,21,22)/t16-/m0/s1. The lowest BCUT2D eigenvalue weighted by Crippen LogP contribution is -2.31. The van der Waals surface area contributed by atoms with Crippen LogP contribution < -0.4 is 5.32 Å². The van der Waals surface area contributed by atoms with Gasteiger partial charge in [0.15, 0.2) is 0 Å². The highest BCUT2D eigenvalue weighted by molar-refractivity contribution is 7.85.